The first-order valence-corrected chi connectivity index (χ1v) is 7.95. The average Bonchev–Trinajstić information content (AvgIpc) is 2.43. The number of hydrogen-bond donors (Lipinski definition) is 2. The molecule has 2 aromatic rings. The normalized spacial score (nSPS) is 11.6. The van der Waals surface area contributed by atoms with E-state index in [1.54, 1.807) is 6.92 Å². The fraction of sp³-hybridized carbons (Fsp3) is 0.143. The van der Waals surface area contributed by atoms with Gasteiger partial charge < -0.3 is 5.73 Å². The first-order valence-electron chi connectivity index (χ1n) is 6.09. The second-order valence-electron chi connectivity index (χ2n) is 4.59. The number of anilines is 1. The molecule has 0 radical (unpaired) electrons. The molecule has 0 aliphatic rings. The highest BCUT2D eigenvalue weighted by molar-refractivity contribution is 7.89. The van der Waals surface area contributed by atoms with Gasteiger partial charge in [0.05, 0.1) is 15.6 Å². The molecule has 0 aliphatic heterocycles. The smallest absolute Gasteiger partial charge is 0.240 e. The number of nitrogen functional groups attached to an aromatic ring is 1. The Morgan fingerprint density at radius 3 is 2.43 bits per heavy atom. The third-order valence-electron chi connectivity index (χ3n) is 2.95. The van der Waals surface area contributed by atoms with E-state index in [4.69, 9.17) is 17.3 Å². The van der Waals surface area contributed by atoms with Crippen LogP contribution in [0.1, 0.15) is 11.1 Å². The van der Waals surface area contributed by atoms with Gasteiger partial charge in [0.25, 0.3) is 0 Å². The SMILES string of the molecule is Cc1cc(S(=O)(=O)NCc2ccc(F)cc2)cc(N)c1Cl. The molecule has 21 heavy (non-hydrogen) atoms. The summed E-state index contributed by atoms with van der Waals surface area (Å²) in [5.41, 5.74) is 7.12. The minimum absolute atomic E-state index is 0.0454. The average molecular weight is 329 g/mol. The zero-order chi connectivity index (χ0) is 15.6. The van der Waals surface area contributed by atoms with Gasteiger partial charge in [0, 0.05) is 6.54 Å². The first kappa shape index (κ1) is 15.8. The van der Waals surface area contributed by atoms with Crippen molar-refractivity contribution in [3.63, 3.8) is 0 Å². The van der Waals surface area contributed by atoms with Gasteiger partial charge in [-0.1, -0.05) is 23.7 Å². The number of rotatable bonds is 4. The molecule has 0 spiro atoms. The Morgan fingerprint density at radius 2 is 1.86 bits per heavy atom. The number of nitrogens with two attached hydrogens (primary N) is 1. The van der Waals surface area contributed by atoms with Crippen molar-refractivity contribution in [3.05, 3.63) is 58.4 Å². The fourth-order valence-electron chi connectivity index (χ4n) is 1.78. The van der Waals surface area contributed by atoms with Gasteiger partial charge in [0.2, 0.25) is 10.0 Å². The van der Waals surface area contributed by atoms with E-state index in [0.717, 1.165) is 0 Å². The predicted molar refractivity (Wildman–Crippen MR) is 81.0 cm³/mol. The Bertz CT molecular complexity index is 738. The van der Waals surface area contributed by atoms with E-state index >= 15 is 0 Å². The van der Waals surface area contributed by atoms with E-state index in [9.17, 15) is 12.8 Å². The summed E-state index contributed by atoms with van der Waals surface area (Å²) in [6.45, 7) is 1.74. The van der Waals surface area contributed by atoms with Gasteiger partial charge in [-0.15, -0.1) is 0 Å². The Hall–Kier alpha value is -1.63. The molecule has 2 rings (SSSR count). The number of benzene rings is 2. The van der Waals surface area contributed by atoms with E-state index < -0.39 is 10.0 Å². The highest BCUT2D eigenvalue weighted by Crippen LogP contribution is 2.26. The van der Waals surface area contributed by atoms with Crippen molar-refractivity contribution in [2.45, 2.75) is 18.4 Å². The summed E-state index contributed by atoms with van der Waals surface area (Å²) in [5.74, 6) is -0.372. The molecular formula is C14H14ClFN2O2S. The van der Waals surface area contributed by atoms with Crippen LogP contribution in [0.2, 0.25) is 5.02 Å². The lowest BCUT2D eigenvalue weighted by Crippen LogP contribution is -2.23. The number of hydrogen-bond acceptors (Lipinski definition) is 3. The second-order valence-corrected chi connectivity index (χ2v) is 6.74. The van der Waals surface area contributed by atoms with Crippen molar-refractivity contribution < 1.29 is 12.8 Å². The molecule has 0 saturated heterocycles. The quantitative estimate of drug-likeness (QED) is 0.848. The van der Waals surface area contributed by atoms with Gasteiger partial charge in [-0.05, 0) is 42.3 Å². The molecule has 0 aromatic heterocycles. The molecule has 0 saturated carbocycles. The predicted octanol–water partition coefficient (Wildman–Crippen LogP) is 2.85. The molecule has 0 fully saturated rings. The minimum atomic E-state index is -3.71. The summed E-state index contributed by atoms with van der Waals surface area (Å²) in [5, 5.41) is 0.340. The van der Waals surface area contributed by atoms with Crippen LogP contribution in [-0.2, 0) is 16.6 Å². The van der Waals surface area contributed by atoms with Gasteiger partial charge in [-0.25, -0.2) is 17.5 Å². The zero-order valence-electron chi connectivity index (χ0n) is 11.2. The summed E-state index contributed by atoms with van der Waals surface area (Å²) in [4.78, 5) is 0.0454. The standard InChI is InChI=1S/C14H14ClFN2O2S/c1-9-6-12(7-13(17)14(9)15)21(19,20)18-8-10-2-4-11(16)5-3-10/h2-7,18H,8,17H2,1H3. The molecular weight excluding hydrogens is 315 g/mol. The van der Waals surface area contributed by atoms with Crippen molar-refractivity contribution >= 4 is 27.3 Å². The van der Waals surface area contributed by atoms with Crippen LogP contribution in [0.4, 0.5) is 10.1 Å². The highest BCUT2D eigenvalue weighted by atomic mass is 35.5. The van der Waals surface area contributed by atoms with Gasteiger partial charge >= 0.3 is 0 Å². The van der Waals surface area contributed by atoms with Crippen LogP contribution >= 0.6 is 11.6 Å². The monoisotopic (exact) mass is 328 g/mol. The van der Waals surface area contributed by atoms with E-state index in [0.29, 0.717) is 16.1 Å². The Kier molecular flexibility index (Phi) is 4.51. The van der Waals surface area contributed by atoms with Crippen LogP contribution in [0.25, 0.3) is 0 Å². The maximum atomic E-state index is 12.8. The van der Waals surface area contributed by atoms with E-state index in [2.05, 4.69) is 4.72 Å². The Balaban J connectivity index is 2.20. The molecule has 3 N–H and O–H groups in total. The van der Waals surface area contributed by atoms with Crippen LogP contribution in [-0.4, -0.2) is 8.42 Å². The van der Waals surface area contributed by atoms with Crippen LogP contribution in [0, 0.1) is 12.7 Å². The molecule has 4 nitrogen and oxygen atoms in total. The van der Waals surface area contributed by atoms with Crippen molar-refractivity contribution in [1.82, 2.24) is 4.72 Å². The number of nitrogens with one attached hydrogen (secondary N) is 1. The van der Waals surface area contributed by atoms with Gasteiger partial charge in [0.1, 0.15) is 5.82 Å². The third kappa shape index (κ3) is 3.72. The van der Waals surface area contributed by atoms with Crippen LogP contribution in [0.3, 0.4) is 0 Å². The maximum Gasteiger partial charge on any atom is 0.240 e. The van der Waals surface area contributed by atoms with Crippen LogP contribution in [0.5, 0.6) is 0 Å². The van der Waals surface area contributed by atoms with Crippen molar-refractivity contribution in [3.8, 4) is 0 Å². The summed E-state index contributed by atoms with van der Waals surface area (Å²) >= 11 is 5.91. The largest absolute Gasteiger partial charge is 0.397 e. The summed E-state index contributed by atoms with van der Waals surface area (Å²) in [6, 6.07) is 8.33. The van der Waals surface area contributed by atoms with Gasteiger partial charge in [-0.3, -0.25) is 0 Å². The Morgan fingerprint density at radius 1 is 1.24 bits per heavy atom. The van der Waals surface area contributed by atoms with Crippen LogP contribution < -0.4 is 10.5 Å². The molecule has 112 valence electrons. The topological polar surface area (TPSA) is 72.2 Å². The lowest BCUT2D eigenvalue weighted by atomic mass is 10.2. The third-order valence-corrected chi connectivity index (χ3v) is 4.84. The molecule has 0 heterocycles. The van der Waals surface area contributed by atoms with E-state index in [1.165, 1.54) is 36.4 Å². The molecule has 0 unspecified atom stereocenters. The number of aryl methyl sites for hydroxylation is 1. The Labute approximate surface area is 127 Å². The highest BCUT2D eigenvalue weighted by Gasteiger charge is 2.16. The lowest BCUT2D eigenvalue weighted by molar-refractivity contribution is 0.581. The van der Waals surface area contributed by atoms with Gasteiger partial charge in [0.15, 0.2) is 0 Å². The van der Waals surface area contributed by atoms with Crippen molar-refractivity contribution in [1.29, 1.82) is 0 Å². The molecule has 0 bridgehead atoms. The summed E-state index contributed by atoms with van der Waals surface area (Å²) < 4.78 is 39.6. The fourth-order valence-corrected chi connectivity index (χ4v) is 3.03. The molecule has 0 atom stereocenters. The van der Waals surface area contributed by atoms with Crippen molar-refractivity contribution in [2.75, 3.05) is 5.73 Å². The van der Waals surface area contributed by atoms with E-state index in [1.807, 2.05) is 0 Å². The number of sulfonamides is 1. The molecule has 2 aromatic carbocycles. The van der Waals surface area contributed by atoms with Crippen LogP contribution in [0.15, 0.2) is 41.3 Å². The zero-order valence-corrected chi connectivity index (χ0v) is 12.8. The lowest BCUT2D eigenvalue weighted by Gasteiger charge is -2.10. The van der Waals surface area contributed by atoms with E-state index in [-0.39, 0.29) is 22.9 Å². The number of halogens is 2. The molecule has 0 amide bonds. The first-order chi connectivity index (χ1) is 9.79. The van der Waals surface area contributed by atoms with Crippen molar-refractivity contribution in [2.24, 2.45) is 0 Å². The molecule has 7 heteroatoms. The van der Waals surface area contributed by atoms with Gasteiger partial charge in [-0.2, -0.15) is 0 Å². The summed E-state index contributed by atoms with van der Waals surface area (Å²) in [7, 11) is -3.71. The molecule has 0 aliphatic carbocycles. The summed E-state index contributed by atoms with van der Waals surface area (Å²) in [6.07, 6.45) is 0. The minimum Gasteiger partial charge on any atom is -0.397 e. The maximum absolute atomic E-state index is 12.8. The second kappa shape index (κ2) is 6.01.